The average molecular weight is 500 g/mol. The maximum atomic E-state index is 13.6. The summed E-state index contributed by atoms with van der Waals surface area (Å²) in [6.45, 7) is 9.16. The molecular formula is C24H29ClF3N3OS. The third-order valence-electron chi connectivity index (χ3n) is 5.68. The van der Waals surface area contributed by atoms with Gasteiger partial charge in [0.1, 0.15) is 0 Å². The van der Waals surface area contributed by atoms with Gasteiger partial charge in [0.05, 0.1) is 5.56 Å². The van der Waals surface area contributed by atoms with Crippen molar-refractivity contribution in [3.05, 3.63) is 58.1 Å². The van der Waals surface area contributed by atoms with Gasteiger partial charge in [0.2, 0.25) is 0 Å². The Kier molecular flexibility index (Phi) is 8.59. The Morgan fingerprint density at radius 2 is 1.82 bits per heavy atom. The summed E-state index contributed by atoms with van der Waals surface area (Å²) in [5.74, 6) is 0.305. The second-order valence-corrected chi connectivity index (χ2v) is 9.99. The van der Waals surface area contributed by atoms with E-state index >= 15 is 0 Å². The summed E-state index contributed by atoms with van der Waals surface area (Å²) in [6, 6.07) is 9.43. The Labute approximate surface area is 202 Å². The number of anilines is 1. The first-order valence-electron chi connectivity index (χ1n) is 11.0. The van der Waals surface area contributed by atoms with Crippen LogP contribution in [0.5, 0.6) is 0 Å². The third-order valence-corrected chi connectivity index (χ3v) is 6.91. The molecule has 0 aliphatic carbocycles. The fourth-order valence-corrected chi connectivity index (χ4v) is 4.83. The lowest BCUT2D eigenvalue weighted by molar-refractivity contribution is -0.137. The van der Waals surface area contributed by atoms with Crippen molar-refractivity contribution in [2.45, 2.75) is 44.4 Å². The maximum absolute atomic E-state index is 13.6. The van der Waals surface area contributed by atoms with Crippen molar-refractivity contribution >= 4 is 35.0 Å². The van der Waals surface area contributed by atoms with Crippen LogP contribution in [-0.2, 0) is 12.7 Å². The molecule has 33 heavy (non-hydrogen) atoms. The lowest BCUT2D eigenvalue weighted by Crippen LogP contribution is -2.49. The van der Waals surface area contributed by atoms with Crippen molar-refractivity contribution in [2.75, 3.05) is 36.8 Å². The fraction of sp³-hybridized carbons (Fsp3) is 0.458. The van der Waals surface area contributed by atoms with Crippen molar-refractivity contribution in [1.82, 2.24) is 10.2 Å². The number of rotatable bonds is 7. The SMILES string of the molecule is CCSc1ccc(Cl)cc1CNC(=O)c1cc(N2CCN(C(C)C)CC2)cc(C(F)(F)F)c1. The van der Waals surface area contributed by atoms with E-state index in [4.69, 9.17) is 11.6 Å². The van der Waals surface area contributed by atoms with Gasteiger partial charge in [-0.1, -0.05) is 18.5 Å². The average Bonchev–Trinajstić information content (AvgIpc) is 2.78. The van der Waals surface area contributed by atoms with E-state index in [9.17, 15) is 18.0 Å². The van der Waals surface area contributed by atoms with E-state index in [0.717, 1.165) is 41.4 Å². The molecule has 4 nitrogen and oxygen atoms in total. The number of carbonyl (C=O) groups is 1. The van der Waals surface area contributed by atoms with Crippen LogP contribution in [0, 0.1) is 0 Å². The van der Waals surface area contributed by atoms with Crippen LogP contribution in [0.15, 0.2) is 41.3 Å². The van der Waals surface area contributed by atoms with Crippen LogP contribution in [-0.4, -0.2) is 48.8 Å². The minimum absolute atomic E-state index is 0.00200. The van der Waals surface area contributed by atoms with E-state index in [1.54, 1.807) is 30.0 Å². The highest BCUT2D eigenvalue weighted by atomic mass is 35.5. The van der Waals surface area contributed by atoms with Gasteiger partial charge in [0, 0.05) is 59.9 Å². The van der Waals surface area contributed by atoms with Crippen LogP contribution in [0.2, 0.25) is 5.02 Å². The van der Waals surface area contributed by atoms with Gasteiger partial charge in [-0.3, -0.25) is 9.69 Å². The number of hydrogen-bond donors (Lipinski definition) is 1. The molecule has 1 aliphatic rings. The summed E-state index contributed by atoms with van der Waals surface area (Å²) in [6.07, 6.45) is -4.54. The number of carbonyl (C=O) groups excluding carboxylic acids is 1. The summed E-state index contributed by atoms with van der Waals surface area (Å²) in [5, 5.41) is 3.31. The Morgan fingerprint density at radius 3 is 2.42 bits per heavy atom. The molecule has 0 bridgehead atoms. The first kappa shape index (κ1) is 25.7. The Balaban J connectivity index is 1.81. The molecule has 180 valence electrons. The predicted molar refractivity (Wildman–Crippen MR) is 129 cm³/mol. The number of hydrogen-bond acceptors (Lipinski definition) is 4. The summed E-state index contributed by atoms with van der Waals surface area (Å²) in [4.78, 5) is 18.1. The summed E-state index contributed by atoms with van der Waals surface area (Å²) in [5.41, 5.74) is 0.433. The Morgan fingerprint density at radius 1 is 1.12 bits per heavy atom. The maximum Gasteiger partial charge on any atom is 0.416 e. The highest BCUT2D eigenvalue weighted by Crippen LogP contribution is 2.33. The minimum Gasteiger partial charge on any atom is -0.369 e. The molecule has 9 heteroatoms. The number of thioether (sulfide) groups is 1. The number of benzene rings is 2. The number of halogens is 4. The molecule has 3 rings (SSSR count). The lowest BCUT2D eigenvalue weighted by atomic mass is 10.1. The van der Waals surface area contributed by atoms with Gasteiger partial charge < -0.3 is 10.2 Å². The van der Waals surface area contributed by atoms with Crippen molar-refractivity contribution in [1.29, 1.82) is 0 Å². The first-order chi connectivity index (χ1) is 15.6. The molecule has 2 aromatic rings. The van der Waals surface area contributed by atoms with E-state index in [2.05, 4.69) is 24.1 Å². The number of alkyl halides is 3. The van der Waals surface area contributed by atoms with Crippen LogP contribution < -0.4 is 10.2 Å². The van der Waals surface area contributed by atoms with Crippen molar-refractivity contribution in [3.63, 3.8) is 0 Å². The van der Waals surface area contributed by atoms with Crippen molar-refractivity contribution in [3.8, 4) is 0 Å². The van der Waals surface area contributed by atoms with Crippen LogP contribution in [0.4, 0.5) is 18.9 Å². The zero-order valence-electron chi connectivity index (χ0n) is 19.0. The van der Waals surface area contributed by atoms with Crippen LogP contribution in [0.25, 0.3) is 0 Å². The number of nitrogens with zero attached hydrogens (tertiary/aromatic N) is 2. The molecule has 1 heterocycles. The largest absolute Gasteiger partial charge is 0.416 e. The quantitative estimate of drug-likeness (QED) is 0.479. The zero-order valence-corrected chi connectivity index (χ0v) is 20.6. The van der Waals surface area contributed by atoms with Crippen LogP contribution in [0.1, 0.15) is 42.3 Å². The molecule has 1 saturated heterocycles. The molecule has 0 atom stereocenters. The standard InChI is InChI=1S/C24H29ClF3N3OS/c1-4-33-22-6-5-20(25)12-18(22)15-29-23(32)17-11-19(24(26,27)28)14-21(13-17)31-9-7-30(8-10-31)16(2)3/h5-6,11-14,16H,4,7-10,15H2,1-3H3,(H,29,32). The van der Waals surface area contributed by atoms with E-state index < -0.39 is 17.6 Å². The van der Waals surface area contributed by atoms with Crippen LogP contribution in [0.3, 0.4) is 0 Å². The molecule has 1 amide bonds. The Hall–Kier alpha value is -1.90. The molecule has 1 N–H and O–H groups in total. The zero-order chi connectivity index (χ0) is 24.2. The molecule has 0 spiro atoms. The number of piperazine rings is 1. The molecule has 2 aromatic carbocycles. The summed E-state index contributed by atoms with van der Waals surface area (Å²) in [7, 11) is 0. The molecule has 0 saturated carbocycles. The third kappa shape index (κ3) is 6.80. The van der Waals surface area contributed by atoms with Gasteiger partial charge in [-0.2, -0.15) is 13.2 Å². The van der Waals surface area contributed by atoms with Gasteiger partial charge in [-0.25, -0.2) is 0 Å². The van der Waals surface area contributed by atoms with Gasteiger partial charge in [0.15, 0.2) is 0 Å². The Bertz CT molecular complexity index is 976. The molecular weight excluding hydrogens is 471 g/mol. The van der Waals surface area contributed by atoms with E-state index in [1.165, 1.54) is 0 Å². The molecule has 1 fully saturated rings. The molecule has 1 aliphatic heterocycles. The second kappa shape index (κ2) is 11.0. The number of amides is 1. The van der Waals surface area contributed by atoms with Gasteiger partial charge in [-0.15, -0.1) is 11.8 Å². The van der Waals surface area contributed by atoms with Crippen LogP contribution >= 0.6 is 23.4 Å². The van der Waals surface area contributed by atoms with E-state index in [1.807, 2.05) is 17.9 Å². The van der Waals surface area contributed by atoms with E-state index in [-0.39, 0.29) is 12.1 Å². The van der Waals surface area contributed by atoms with E-state index in [0.29, 0.717) is 29.8 Å². The fourth-order valence-electron chi connectivity index (χ4n) is 3.85. The normalized spacial score (nSPS) is 15.2. The van der Waals surface area contributed by atoms with Crippen molar-refractivity contribution in [2.24, 2.45) is 0 Å². The smallest absolute Gasteiger partial charge is 0.369 e. The molecule has 0 unspecified atom stereocenters. The van der Waals surface area contributed by atoms with Crippen molar-refractivity contribution < 1.29 is 18.0 Å². The number of nitrogens with one attached hydrogen (secondary N) is 1. The highest BCUT2D eigenvalue weighted by molar-refractivity contribution is 7.99. The monoisotopic (exact) mass is 499 g/mol. The summed E-state index contributed by atoms with van der Waals surface area (Å²) < 4.78 is 40.8. The van der Waals surface area contributed by atoms with Gasteiger partial charge in [-0.05, 0) is 61.6 Å². The van der Waals surface area contributed by atoms with Gasteiger partial charge in [0.25, 0.3) is 5.91 Å². The molecule has 0 aromatic heterocycles. The first-order valence-corrected chi connectivity index (χ1v) is 12.4. The second-order valence-electron chi connectivity index (χ2n) is 8.25. The lowest BCUT2D eigenvalue weighted by Gasteiger charge is -2.38. The minimum atomic E-state index is -4.54. The summed E-state index contributed by atoms with van der Waals surface area (Å²) >= 11 is 7.72. The predicted octanol–water partition coefficient (Wildman–Crippen LogP) is 5.93. The molecule has 0 radical (unpaired) electrons. The highest BCUT2D eigenvalue weighted by Gasteiger charge is 2.33. The topological polar surface area (TPSA) is 35.6 Å². The van der Waals surface area contributed by atoms with Gasteiger partial charge >= 0.3 is 6.18 Å².